The lowest BCUT2D eigenvalue weighted by atomic mass is 10.1. The highest BCUT2D eigenvalue weighted by atomic mass is 16.2. The third-order valence-electron chi connectivity index (χ3n) is 3.42. The van der Waals surface area contributed by atoms with Crippen molar-refractivity contribution in [3.05, 3.63) is 32.6 Å². The summed E-state index contributed by atoms with van der Waals surface area (Å²) in [7, 11) is 5.20. The fourth-order valence-electron chi connectivity index (χ4n) is 1.90. The lowest BCUT2D eigenvalue weighted by Gasteiger charge is -2.35. The fourth-order valence-corrected chi connectivity index (χ4v) is 1.90. The highest BCUT2D eigenvalue weighted by Crippen LogP contribution is 2.06. The summed E-state index contributed by atoms with van der Waals surface area (Å²) in [5.74, 6) is 0. The summed E-state index contributed by atoms with van der Waals surface area (Å²) in [4.78, 5) is 25.5. The van der Waals surface area contributed by atoms with Crippen LogP contribution in [-0.4, -0.2) is 40.2 Å². The van der Waals surface area contributed by atoms with Crippen molar-refractivity contribution in [2.45, 2.75) is 12.6 Å². The van der Waals surface area contributed by atoms with E-state index >= 15 is 0 Å². The second-order valence-corrected chi connectivity index (χ2v) is 4.60. The van der Waals surface area contributed by atoms with Crippen LogP contribution >= 0.6 is 0 Å². The first-order valence-electron chi connectivity index (χ1n) is 5.67. The Morgan fingerprint density at radius 1 is 1.35 bits per heavy atom. The minimum absolute atomic E-state index is 0.247. The highest BCUT2D eigenvalue weighted by Gasteiger charge is 2.22. The zero-order valence-electron chi connectivity index (χ0n) is 10.4. The molecule has 0 unspecified atom stereocenters. The summed E-state index contributed by atoms with van der Waals surface area (Å²) in [5, 5.41) is 3.20. The molecule has 0 spiro atoms. The number of nitrogens with zero attached hydrogens (tertiary/aromatic N) is 3. The van der Waals surface area contributed by atoms with Gasteiger partial charge in [0.2, 0.25) is 0 Å². The second kappa shape index (κ2) is 4.46. The Balaban J connectivity index is 2.27. The van der Waals surface area contributed by atoms with Crippen LogP contribution in [0.15, 0.2) is 15.7 Å². The number of likely N-dealkylation sites (N-methyl/N-ethyl adjacent to an activating group) is 1. The van der Waals surface area contributed by atoms with Crippen LogP contribution in [0.25, 0.3) is 0 Å². The van der Waals surface area contributed by atoms with Crippen LogP contribution in [0.4, 0.5) is 0 Å². The zero-order valence-corrected chi connectivity index (χ0v) is 10.4. The average Bonchev–Trinajstić information content (AvgIpc) is 2.20. The molecule has 0 amide bonds. The molecule has 0 bridgehead atoms. The van der Waals surface area contributed by atoms with Gasteiger partial charge in [-0.25, -0.2) is 4.79 Å². The molecule has 17 heavy (non-hydrogen) atoms. The normalized spacial score (nSPS) is 16.2. The molecule has 0 aromatic carbocycles. The molecule has 1 aliphatic rings. The standard InChI is InChI=1S/C11H18N4O2/c1-13(9-5-12-6-9)7-8-4-10(16)15(3)11(17)14(8)2/h4,9,12H,5-7H2,1-3H3. The SMILES string of the molecule is CN(Cc1cc(=O)n(C)c(=O)n1C)C1CNC1. The Bertz CT molecular complexity index is 527. The average molecular weight is 238 g/mol. The van der Waals surface area contributed by atoms with Gasteiger partial charge in [-0.1, -0.05) is 0 Å². The molecule has 0 aliphatic carbocycles. The van der Waals surface area contributed by atoms with E-state index in [9.17, 15) is 9.59 Å². The number of hydrogen-bond donors (Lipinski definition) is 1. The van der Waals surface area contributed by atoms with Crippen LogP contribution in [0.5, 0.6) is 0 Å². The van der Waals surface area contributed by atoms with E-state index in [4.69, 9.17) is 0 Å². The van der Waals surface area contributed by atoms with Gasteiger partial charge in [-0.2, -0.15) is 0 Å². The van der Waals surface area contributed by atoms with Crippen LogP contribution in [0.1, 0.15) is 5.69 Å². The predicted octanol–water partition coefficient (Wildman–Crippen LogP) is -1.51. The largest absolute Gasteiger partial charge is 0.330 e. The Hall–Kier alpha value is -1.40. The van der Waals surface area contributed by atoms with Crippen molar-refractivity contribution in [3.8, 4) is 0 Å². The van der Waals surface area contributed by atoms with Crippen LogP contribution in [0.3, 0.4) is 0 Å². The van der Waals surface area contributed by atoms with E-state index in [1.54, 1.807) is 7.05 Å². The minimum Gasteiger partial charge on any atom is -0.314 e. The molecule has 0 radical (unpaired) electrons. The molecular weight excluding hydrogens is 220 g/mol. The molecule has 94 valence electrons. The van der Waals surface area contributed by atoms with E-state index in [1.807, 2.05) is 7.05 Å². The van der Waals surface area contributed by atoms with Gasteiger partial charge >= 0.3 is 5.69 Å². The molecular formula is C11H18N4O2. The number of aromatic nitrogens is 2. The van der Waals surface area contributed by atoms with Gasteiger partial charge in [-0.3, -0.25) is 18.8 Å². The molecule has 1 fully saturated rings. The Morgan fingerprint density at radius 2 is 2.00 bits per heavy atom. The van der Waals surface area contributed by atoms with Gasteiger partial charge < -0.3 is 5.32 Å². The fraction of sp³-hybridized carbons (Fsp3) is 0.636. The third kappa shape index (κ3) is 2.18. The van der Waals surface area contributed by atoms with Crippen LogP contribution in [-0.2, 0) is 20.6 Å². The van der Waals surface area contributed by atoms with E-state index in [1.165, 1.54) is 17.7 Å². The summed E-state index contributed by atoms with van der Waals surface area (Å²) >= 11 is 0. The van der Waals surface area contributed by atoms with E-state index in [0.29, 0.717) is 12.6 Å². The van der Waals surface area contributed by atoms with Crippen molar-refractivity contribution in [2.75, 3.05) is 20.1 Å². The van der Waals surface area contributed by atoms with E-state index in [2.05, 4.69) is 10.2 Å². The maximum Gasteiger partial charge on any atom is 0.330 e. The summed E-state index contributed by atoms with van der Waals surface area (Å²) in [6.45, 7) is 2.55. The Labute approximate surface area is 99.5 Å². The van der Waals surface area contributed by atoms with Gasteiger partial charge in [0.25, 0.3) is 5.56 Å². The molecule has 1 aromatic rings. The molecule has 0 saturated carbocycles. The van der Waals surface area contributed by atoms with Crippen molar-refractivity contribution in [3.63, 3.8) is 0 Å². The maximum absolute atomic E-state index is 11.7. The summed E-state index contributed by atoms with van der Waals surface area (Å²) in [6, 6.07) is 2.03. The van der Waals surface area contributed by atoms with Gasteiger partial charge in [-0.15, -0.1) is 0 Å². The summed E-state index contributed by atoms with van der Waals surface area (Å²) in [6.07, 6.45) is 0. The number of nitrogens with one attached hydrogen (secondary N) is 1. The van der Waals surface area contributed by atoms with Gasteiger partial charge in [0.05, 0.1) is 0 Å². The molecule has 2 heterocycles. The Kier molecular flexibility index (Phi) is 3.17. The van der Waals surface area contributed by atoms with E-state index in [0.717, 1.165) is 23.4 Å². The van der Waals surface area contributed by atoms with Crippen LogP contribution in [0, 0.1) is 0 Å². The topological polar surface area (TPSA) is 59.3 Å². The van der Waals surface area contributed by atoms with Crippen molar-refractivity contribution in [1.29, 1.82) is 0 Å². The quantitative estimate of drug-likeness (QED) is 0.695. The maximum atomic E-state index is 11.7. The lowest BCUT2D eigenvalue weighted by molar-refractivity contribution is 0.169. The van der Waals surface area contributed by atoms with E-state index < -0.39 is 0 Å². The second-order valence-electron chi connectivity index (χ2n) is 4.60. The van der Waals surface area contributed by atoms with E-state index in [-0.39, 0.29) is 11.2 Å². The molecule has 1 N–H and O–H groups in total. The first kappa shape index (κ1) is 12.1. The smallest absolute Gasteiger partial charge is 0.314 e. The highest BCUT2D eigenvalue weighted by molar-refractivity contribution is 5.03. The Morgan fingerprint density at radius 3 is 2.53 bits per heavy atom. The summed E-state index contributed by atoms with van der Waals surface area (Å²) in [5.41, 5.74) is 0.239. The number of hydrogen-bond acceptors (Lipinski definition) is 4. The lowest BCUT2D eigenvalue weighted by Crippen LogP contribution is -2.55. The van der Waals surface area contributed by atoms with Gasteiger partial charge in [0.1, 0.15) is 0 Å². The monoisotopic (exact) mass is 238 g/mol. The van der Waals surface area contributed by atoms with Crippen molar-refractivity contribution in [2.24, 2.45) is 14.1 Å². The summed E-state index contributed by atoms with van der Waals surface area (Å²) < 4.78 is 2.65. The first-order chi connectivity index (χ1) is 8.00. The molecule has 0 atom stereocenters. The third-order valence-corrected chi connectivity index (χ3v) is 3.42. The van der Waals surface area contributed by atoms with Crippen molar-refractivity contribution in [1.82, 2.24) is 19.4 Å². The molecule has 1 saturated heterocycles. The zero-order chi connectivity index (χ0) is 12.6. The molecule has 1 aliphatic heterocycles. The van der Waals surface area contributed by atoms with Gasteiger partial charge in [0, 0.05) is 51.5 Å². The minimum atomic E-state index is -0.271. The molecule has 6 heteroatoms. The molecule has 2 rings (SSSR count). The van der Waals surface area contributed by atoms with Gasteiger partial charge in [-0.05, 0) is 7.05 Å². The predicted molar refractivity (Wildman–Crippen MR) is 65.0 cm³/mol. The van der Waals surface area contributed by atoms with Crippen molar-refractivity contribution < 1.29 is 0 Å². The molecule has 1 aromatic heterocycles. The van der Waals surface area contributed by atoms with Crippen LogP contribution in [0.2, 0.25) is 0 Å². The van der Waals surface area contributed by atoms with Gasteiger partial charge in [0.15, 0.2) is 0 Å². The van der Waals surface area contributed by atoms with Crippen LogP contribution < -0.4 is 16.6 Å². The molecule has 6 nitrogen and oxygen atoms in total. The number of rotatable bonds is 3. The first-order valence-corrected chi connectivity index (χ1v) is 5.67. The van der Waals surface area contributed by atoms with Crippen molar-refractivity contribution >= 4 is 0 Å².